The highest BCUT2D eigenvalue weighted by atomic mass is 16.4. The lowest BCUT2D eigenvalue weighted by molar-refractivity contribution is -0.139. The van der Waals surface area contributed by atoms with E-state index in [1.165, 1.54) is 16.7 Å². The van der Waals surface area contributed by atoms with Crippen molar-refractivity contribution in [3.05, 3.63) is 41.0 Å². The van der Waals surface area contributed by atoms with Crippen LogP contribution in [0.2, 0.25) is 0 Å². The number of carboxylic acids is 1. The molecule has 3 nitrogen and oxygen atoms in total. The number of hydrogen-bond acceptors (Lipinski definition) is 2. The second kappa shape index (κ2) is 3.87. The molecule has 0 radical (unpaired) electrons. The molecule has 0 saturated heterocycles. The number of aryl methyl sites for hydroxylation is 2. The van der Waals surface area contributed by atoms with Crippen LogP contribution in [0.15, 0.2) is 24.3 Å². The van der Waals surface area contributed by atoms with Crippen molar-refractivity contribution in [2.24, 2.45) is 5.92 Å². The molecule has 0 unspecified atom stereocenters. The van der Waals surface area contributed by atoms with Crippen molar-refractivity contribution >= 4 is 11.7 Å². The molecule has 0 aromatic heterocycles. The summed E-state index contributed by atoms with van der Waals surface area (Å²) in [5, 5.41) is 12.6. The maximum Gasteiger partial charge on any atom is 0.326 e. The number of allylic oxidation sites excluding steroid dienone is 2. The summed E-state index contributed by atoms with van der Waals surface area (Å²) in [6, 6.07) is 3.75. The molecule has 1 aromatic rings. The largest absolute Gasteiger partial charge is 0.480 e. The van der Waals surface area contributed by atoms with E-state index in [2.05, 4.69) is 36.5 Å². The summed E-state index contributed by atoms with van der Waals surface area (Å²) in [7, 11) is 0. The van der Waals surface area contributed by atoms with E-state index in [-0.39, 0.29) is 11.8 Å². The Balaban J connectivity index is 2.14. The lowest BCUT2D eigenvalue weighted by Crippen LogP contribution is -2.42. The van der Waals surface area contributed by atoms with Crippen LogP contribution in [0.3, 0.4) is 0 Å². The third kappa shape index (κ3) is 1.54. The van der Waals surface area contributed by atoms with Gasteiger partial charge in [-0.2, -0.15) is 0 Å². The predicted octanol–water partition coefficient (Wildman–Crippen LogP) is 2.84. The normalized spacial score (nSPS) is 28.4. The van der Waals surface area contributed by atoms with Gasteiger partial charge in [0.05, 0.1) is 0 Å². The fourth-order valence-corrected chi connectivity index (χ4v) is 3.39. The van der Waals surface area contributed by atoms with E-state index in [1.807, 2.05) is 6.92 Å². The number of nitrogens with one attached hydrogen (secondary N) is 1. The molecule has 1 aliphatic heterocycles. The summed E-state index contributed by atoms with van der Waals surface area (Å²) in [6.45, 7) is 4.15. The van der Waals surface area contributed by atoms with Gasteiger partial charge in [0.2, 0.25) is 0 Å². The SMILES string of the molecule is Cc1cc(C)c2c(c1)N[C@H](C(=O)O)[C@H]1CC=C[C@@H]21. The van der Waals surface area contributed by atoms with Crippen LogP contribution in [0.5, 0.6) is 0 Å². The Morgan fingerprint density at radius 1 is 1.39 bits per heavy atom. The first-order valence-electron chi connectivity index (χ1n) is 6.35. The number of anilines is 1. The molecule has 1 heterocycles. The average Bonchev–Trinajstić information content (AvgIpc) is 2.75. The van der Waals surface area contributed by atoms with Gasteiger partial charge < -0.3 is 10.4 Å². The van der Waals surface area contributed by atoms with Crippen LogP contribution in [-0.4, -0.2) is 17.1 Å². The summed E-state index contributed by atoms with van der Waals surface area (Å²) >= 11 is 0. The predicted molar refractivity (Wildman–Crippen MR) is 71.0 cm³/mol. The number of carboxylic acid groups (broad SMARTS) is 1. The molecule has 3 atom stereocenters. The van der Waals surface area contributed by atoms with E-state index < -0.39 is 12.0 Å². The Hall–Kier alpha value is -1.77. The van der Waals surface area contributed by atoms with Crippen LogP contribution >= 0.6 is 0 Å². The molecule has 0 saturated carbocycles. The monoisotopic (exact) mass is 243 g/mol. The maximum atomic E-state index is 11.4. The number of fused-ring (bicyclic) bond motifs is 3. The van der Waals surface area contributed by atoms with Gasteiger partial charge in [0.15, 0.2) is 0 Å². The van der Waals surface area contributed by atoms with Gasteiger partial charge in [0.25, 0.3) is 0 Å². The molecule has 0 fully saturated rings. The van der Waals surface area contributed by atoms with E-state index in [0.717, 1.165) is 12.1 Å². The second-order valence-electron chi connectivity index (χ2n) is 5.36. The average molecular weight is 243 g/mol. The van der Waals surface area contributed by atoms with Crippen molar-refractivity contribution in [2.45, 2.75) is 32.2 Å². The van der Waals surface area contributed by atoms with E-state index in [0.29, 0.717) is 0 Å². The van der Waals surface area contributed by atoms with E-state index in [1.54, 1.807) is 0 Å². The van der Waals surface area contributed by atoms with Crippen LogP contribution in [0.25, 0.3) is 0 Å². The molecule has 18 heavy (non-hydrogen) atoms. The van der Waals surface area contributed by atoms with Crippen LogP contribution in [0.1, 0.15) is 29.0 Å². The van der Waals surface area contributed by atoms with Gasteiger partial charge in [0.1, 0.15) is 6.04 Å². The van der Waals surface area contributed by atoms with Crippen molar-refractivity contribution in [1.29, 1.82) is 0 Å². The van der Waals surface area contributed by atoms with Gasteiger partial charge >= 0.3 is 5.97 Å². The molecular weight excluding hydrogens is 226 g/mol. The van der Waals surface area contributed by atoms with Crippen LogP contribution in [0, 0.1) is 19.8 Å². The van der Waals surface area contributed by atoms with Crippen LogP contribution in [-0.2, 0) is 4.79 Å². The Bertz CT molecular complexity index is 548. The summed E-state index contributed by atoms with van der Waals surface area (Å²) in [5.74, 6) is -0.349. The minimum atomic E-state index is -0.751. The van der Waals surface area contributed by atoms with Crippen LogP contribution < -0.4 is 5.32 Å². The molecule has 0 amide bonds. The Kier molecular flexibility index (Phi) is 2.44. The lowest BCUT2D eigenvalue weighted by Gasteiger charge is -2.36. The molecule has 3 heteroatoms. The van der Waals surface area contributed by atoms with Crippen molar-refractivity contribution in [1.82, 2.24) is 0 Å². The van der Waals surface area contributed by atoms with Crippen molar-refractivity contribution < 1.29 is 9.90 Å². The molecule has 2 aliphatic rings. The van der Waals surface area contributed by atoms with Crippen molar-refractivity contribution in [2.75, 3.05) is 5.32 Å². The minimum Gasteiger partial charge on any atom is -0.480 e. The molecule has 1 aliphatic carbocycles. The fourth-order valence-electron chi connectivity index (χ4n) is 3.39. The zero-order valence-corrected chi connectivity index (χ0v) is 10.6. The van der Waals surface area contributed by atoms with Crippen molar-refractivity contribution in [3.63, 3.8) is 0 Å². The summed E-state index contributed by atoms with van der Waals surface area (Å²) < 4.78 is 0. The zero-order chi connectivity index (χ0) is 12.9. The van der Waals surface area contributed by atoms with Gasteiger partial charge in [-0.05, 0) is 43.0 Å². The third-order valence-corrected chi connectivity index (χ3v) is 4.08. The van der Waals surface area contributed by atoms with E-state index >= 15 is 0 Å². The highest BCUT2D eigenvalue weighted by Gasteiger charge is 2.41. The maximum absolute atomic E-state index is 11.4. The van der Waals surface area contributed by atoms with Gasteiger partial charge in [0, 0.05) is 17.5 Å². The first-order chi connectivity index (χ1) is 8.58. The number of aliphatic carboxylic acids is 1. The molecular formula is C15H17NO2. The van der Waals surface area contributed by atoms with Gasteiger partial charge in [-0.25, -0.2) is 4.79 Å². The highest BCUT2D eigenvalue weighted by Crippen LogP contribution is 2.46. The van der Waals surface area contributed by atoms with Crippen LogP contribution in [0.4, 0.5) is 5.69 Å². The summed E-state index contributed by atoms with van der Waals surface area (Å²) in [5.41, 5.74) is 4.69. The molecule has 2 N–H and O–H groups in total. The zero-order valence-electron chi connectivity index (χ0n) is 10.6. The summed E-state index contributed by atoms with van der Waals surface area (Å²) in [6.07, 6.45) is 5.13. The number of carbonyl (C=O) groups is 1. The lowest BCUT2D eigenvalue weighted by atomic mass is 9.77. The quantitative estimate of drug-likeness (QED) is 0.746. The molecule has 3 rings (SSSR count). The molecule has 0 spiro atoms. The smallest absolute Gasteiger partial charge is 0.326 e. The number of hydrogen-bond donors (Lipinski definition) is 2. The summed E-state index contributed by atoms with van der Waals surface area (Å²) in [4.78, 5) is 11.4. The number of rotatable bonds is 1. The number of benzene rings is 1. The second-order valence-corrected chi connectivity index (χ2v) is 5.36. The Morgan fingerprint density at radius 2 is 2.17 bits per heavy atom. The molecule has 94 valence electrons. The minimum absolute atomic E-state index is 0.149. The standard InChI is InChI=1S/C15H17NO2/c1-8-6-9(2)13-10-4-3-5-11(10)14(15(17)18)16-12(13)7-8/h3-4,6-7,10-11,14,16H,5H2,1-2H3,(H,17,18)/t10-,11+,14+/m1/s1. The highest BCUT2D eigenvalue weighted by molar-refractivity contribution is 5.81. The van der Waals surface area contributed by atoms with Gasteiger partial charge in [-0.3, -0.25) is 0 Å². The topological polar surface area (TPSA) is 49.3 Å². The van der Waals surface area contributed by atoms with E-state index in [4.69, 9.17) is 0 Å². The Labute approximate surface area is 107 Å². The van der Waals surface area contributed by atoms with Gasteiger partial charge in [-0.1, -0.05) is 18.2 Å². The van der Waals surface area contributed by atoms with E-state index in [9.17, 15) is 9.90 Å². The molecule has 1 aromatic carbocycles. The van der Waals surface area contributed by atoms with Gasteiger partial charge in [-0.15, -0.1) is 0 Å². The fraction of sp³-hybridized carbons (Fsp3) is 0.400. The third-order valence-electron chi connectivity index (χ3n) is 4.08. The first-order valence-corrected chi connectivity index (χ1v) is 6.35. The van der Waals surface area contributed by atoms with Crippen molar-refractivity contribution in [3.8, 4) is 0 Å². The Morgan fingerprint density at radius 3 is 2.89 bits per heavy atom. The first kappa shape index (κ1) is 11.3. The molecule has 0 bridgehead atoms.